The highest BCUT2D eigenvalue weighted by molar-refractivity contribution is 7.09. The normalized spacial score (nSPS) is 11.1. The molecule has 5 nitrogen and oxygen atoms in total. The fourth-order valence-corrected chi connectivity index (χ4v) is 2.76. The number of esters is 1. The van der Waals surface area contributed by atoms with E-state index in [-0.39, 0.29) is 18.9 Å². The van der Waals surface area contributed by atoms with Gasteiger partial charge in [0, 0.05) is 17.1 Å². The van der Waals surface area contributed by atoms with Crippen molar-refractivity contribution in [1.29, 1.82) is 0 Å². The quantitative estimate of drug-likeness (QED) is 0.465. The van der Waals surface area contributed by atoms with Crippen molar-refractivity contribution in [2.45, 2.75) is 26.9 Å². The summed E-state index contributed by atoms with van der Waals surface area (Å²) in [5, 5.41) is 5.35. The van der Waals surface area contributed by atoms with E-state index in [9.17, 15) is 9.59 Å². The molecule has 2 aromatic rings. The molecule has 1 heterocycles. The molecule has 0 aliphatic heterocycles. The average molecular weight is 356 g/mol. The number of thiazole rings is 1. The number of allylic oxidation sites excluding steroid dienone is 3. The molecule has 0 spiro atoms. The van der Waals surface area contributed by atoms with E-state index in [2.05, 4.69) is 10.3 Å². The van der Waals surface area contributed by atoms with Crippen LogP contribution in [0.25, 0.3) is 0 Å². The van der Waals surface area contributed by atoms with E-state index >= 15 is 0 Å². The highest BCUT2D eigenvalue weighted by atomic mass is 32.1. The molecular formula is C19H20N2O3S. The van der Waals surface area contributed by atoms with Gasteiger partial charge in [0.15, 0.2) is 0 Å². The Labute approximate surface area is 151 Å². The predicted molar refractivity (Wildman–Crippen MR) is 99.4 cm³/mol. The summed E-state index contributed by atoms with van der Waals surface area (Å²) in [7, 11) is 0. The Bertz CT molecular complexity index is 793. The van der Waals surface area contributed by atoms with E-state index in [4.69, 9.17) is 4.74 Å². The zero-order chi connectivity index (χ0) is 18.1. The summed E-state index contributed by atoms with van der Waals surface area (Å²) in [5.74, 6) is -0.550. The molecule has 6 heteroatoms. The molecule has 1 aromatic heterocycles. The number of aromatic nitrogens is 1. The SMILES string of the molecule is C/C=C/C=C\C(=O)OCc1csc(CC(=O)Nc2ccccc2C)n1. The van der Waals surface area contributed by atoms with Gasteiger partial charge in [-0.1, -0.05) is 36.4 Å². The molecule has 0 atom stereocenters. The van der Waals surface area contributed by atoms with Gasteiger partial charge in [0.2, 0.25) is 5.91 Å². The van der Waals surface area contributed by atoms with Gasteiger partial charge < -0.3 is 10.1 Å². The molecule has 0 saturated heterocycles. The third-order valence-corrected chi connectivity index (χ3v) is 4.13. The lowest BCUT2D eigenvalue weighted by atomic mass is 10.2. The monoisotopic (exact) mass is 356 g/mol. The summed E-state index contributed by atoms with van der Waals surface area (Å²) in [6.45, 7) is 3.90. The van der Waals surface area contributed by atoms with Crippen LogP contribution in [0.3, 0.4) is 0 Å². The van der Waals surface area contributed by atoms with E-state index in [1.807, 2.05) is 44.2 Å². The van der Waals surface area contributed by atoms with Crippen LogP contribution in [-0.2, 0) is 27.4 Å². The summed E-state index contributed by atoms with van der Waals surface area (Å²) >= 11 is 1.37. The van der Waals surface area contributed by atoms with Gasteiger partial charge in [0.25, 0.3) is 0 Å². The number of carbonyl (C=O) groups excluding carboxylic acids is 2. The fraction of sp³-hybridized carbons (Fsp3) is 0.211. The number of rotatable bonds is 7. The third kappa shape index (κ3) is 6.35. The molecule has 0 aliphatic rings. The zero-order valence-electron chi connectivity index (χ0n) is 14.2. The predicted octanol–water partition coefficient (Wildman–Crippen LogP) is 3.81. The lowest BCUT2D eigenvalue weighted by molar-refractivity contribution is -0.139. The second-order valence-corrected chi connectivity index (χ2v) is 6.21. The number of ether oxygens (including phenoxy) is 1. The van der Waals surface area contributed by atoms with Gasteiger partial charge in [-0.3, -0.25) is 4.79 Å². The number of anilines is 1. The van der Waals surface area contributed by atoms with Crippen molar-refractivity contribution in [2.24, 2.45) is 0 Å². The van der Waals surface area contributed by atoms with Crippen LogP contribution >= 0.6 is 11.3 Å². The zero-order valence-corrected chi connectivity index (χ0v) is 15.0. The Morgan fingerprint density at radius 3 is 2.84 bits per heavy atom. The van der Waals surface area contributed by atoms with Crippen LogP contribution < -0.4 is 5.32 Å². The number of carbonyl (C=O) groups is 2. The third-order valence-electron chi connectivity index (χ3n) is 3.23. The van der Waals surface area contributed by atoms with Gasteiger partial charge in [0.1, 0.15) is 11.6 Å². The van der Waals surface area contributed by atoms with Crippen molar-refractivity contribution in [3.05, 3.63) is 70.2 Å². The van der Waals surface area contributed by atoms with Crippen molar-refractivity contribution in [3.63, 3.8) is 0 Å². The smallest absolute Gasteiger partial charge is 0.331 e. The number of hydrogen-bond acceptors (Lipinski definition) is 5. The minimum atomic E-state index is -0.426. The van der Waals surface area contributed by atoms with Crippen LogP contribution in [0.1, 0.15) is 23.2 Å². The lowest BCUT2D eigenvalue weighted by Crippen LogP contribution is -2.15. The van der Waals surface area contributed by atoms with Gasteiger partial charge in [-0.25, -0.2) is 9.78 Å². The number of hydrogen-bond donors (Lipinski definition) is 1. The molecule has 0 unspecified atom stereocenters. The number of nitrogens with zero attached hydrogens (tertiary/aromatic N) is 1. The largest absolute Gasteiger partial charge is 0.456 e. The number of benzene rings is 1. The Morgan fingerprint density at radius 2 is 2.08 bits per heavy atom. The Morgan fingerprint density at radius 1 is 1.28 bits per heavy atom. The molecule has 0 fully saturated rings. The van der Waals surface area contributed by atoms with Crippen LogP contribution in [0.15, 0.2) is 53.9 Å². The van der Waals surface area contributed by atoms with E-state index < -0.39 is 5.97 Å². The van der Waals surface area contributed by atoms with Crippen LogP contribution in [0.2, 0.25) is 0 Å². The van der Waals surface area contributed by atoms with E-state index in [0.29, 0.717) is 10.7 Å². The maximum Gasteiger partial charge on any atom is 0.331 e. The van der Waals surface area contributed by atoms with Gasteiger partial charge in [-0.05, 0) is 25.5 Å². The molecule has 2 rings (SSSR count). The van der Waals surface area contributed by atoms with Crippen LogP contribution in [-0.4, -0.2) is 16.9 Å². The first-order chi connectivity index (χ1) is 12.1. The van der Waals surface area contributed by atoms with Crippen LogP contribution in [0.5, 0.6) is 0 Å². The number of nitrogens with one attached hydrogen (secondary N) is 1. The number of aryl methyl sites for hydroxylation is 1. The maximum atomic E-state index is 12.1. The minimum Gasteiger partial charge on any atom is -0.456 e. The molecule has 1 aromatic carbocycles. The molecule has 1 amide bonds. The number of amides is 1. The fourth-order valence-electron chi connectivity index (χ4n) is 1.98. The summed E-state index contributed by atoms with van der Waals surface area (Å²) < 4.78 is 5.09. The summed E-state index contributed by atoms with van der Waals surface area (Å²) in [5.41, 5.74) is 2.44. The van der Waals surface area contributed by atoms with Gasteiger partial charge in [0.05, 0.1) is 12.1 Å². The van der Waals surface area contributed by atoms with Gasteiger partial charge in [-0.2, -0.15) is 0 Å². The summed E-state index contributed by atoms with van der Waals surface area (Å²) in [6, 6.07) is 7.60. The van der Waals surface area contributed by atoms with Crippen molar-refractivity contribution in [1.82, 2.24) is 4.98 Å². The van der Waals surface area contributed by atoms with E-state index in [0.717, 1.165) is 11.3 Å². The first-order valence-electron chi connectivity index (χ1n) is 7.83. The van der Waals surface area contributed by atoms with Gasteiger partial charge in [-0.15, -0.1) is 11.3 Å². The second kappa shape index (κ2) is 9.54. The first kappa shape index (κ1) is 18.6. The van der Waals surface area contributed by atoms with E-state index in [1.165, 1.54) is 17.4 Å². The van der Waals surface area contributed by atoms with E-state index in [1.54, 1.807) is 17.5 Å². The molecule has 0 bridgehead atoms. The topological polar surface area (TPSA) is 68.3 Å². The van der Waals surface area contributed by atoms with Gasteiger partial charge >= 0.3 is 5.97 Å². The maximum absolute atomic E-state index is 12.1. The summed E-state index contributed by atoms with van der Waals surface area (Å²) in [4.78, 5) is 27.9. The molecule has 0 aliphatic carbocycles. The standard InChI is InChI=1S/C19H20N2O3S/c1-3-4-5-10-19(23)24-12-15-13-25-18(20-15)11-17(22)21-16-9-7-6-8-14(16)2/h3-10,13H,11-12H2,1-2H3,(H,21,22)/b4-3+,10-5-. The summed E-state index contributed by atoms with van der Waals surface area (Å²) in [6.07, 6.45) is 6.72. The average Bonchev–Trinajstić information content (AvgIpc) is 3.02. The molecule has 25 heavy (non-hydrogen) atoms. The molecule has 0 radical (unpaired) electrons. The van der Waals surface area contributed by atoms with Crippen molar-refractivity contribution >= 4 is 28.9 Å². The Hall–Kier alpha value is -2.73. The molecule has 130 valence electrons. The second-order valence-electron chi connectivity index (χ2n) is 5.27. The molecule has 1 N–H and O–H groups in total. The van der Waals surface area contributed by atoms with Crippen molar-refractivity contribution < 1.29 is 14.3 Å². The Balaban J connectivity index is 1.83. The van der Waals surface area contributed by atoms with Crippen molar-refractivity contribution in [2.75, 3.05) is 5.32 Å². The van der Waals surface area contributed by atoms with Crippen molar-refractivity contribution in [3.8, 4) is 0 Å². The molecule has 0 saturated carbocycles. The first-order valence-corrected chi connectivity index (χ1v) is 8.71. The van der Waals surface area contributed by atoms with Crippen LogP contribution in [0.4, 0.5) is 5.69 Å². The lowest BCUT2D eigenvalue weighted by Gasteiger charge is -2.06. The highest BCUT2D eigenvalue weighted by Gasteiger charge is 2.10. The Kier molecular flexibility index (Phi) is 7.10. The number of para-hydroxylation sites is 1. The minimum absolute atomic E-state index is 0.0922. The van der Waals surface area contributed by atoms with Crippen LogP contribution in [0, 0.1) is 6.92 Å². The highest BCUT2D eigenvalue weighted by Crippen LogP contribution is 2.15. The molecular weight excluding hydrogens is 336 g/mol.